The van der Waals surface area contributed by atoms with Crippen molar-refractivity contribution in [2.45, 2.75) is 26.4 Å². The second-order valence-corrected chi connectivity index (χ2v) is 7.45. The maximum atomic E-state index is 12.1. The van der Waals surface area contributed by atoms with Crippen LogP contribution in [0.4, 0.5) is 10.5 Å². The highest BCUT2D eigenvalue weighted by atomic mass is 16.6. The predicted molar refractivity (Wildman–Crippen MR) is 103 cm³/mol. The fourth-order valence-electron chi connectivity index (χ4n) is 2.92. The number of ether oxygens (including phenoxy) is 1. The van der Waals surface area contributed by atoms with Crippen molar-refractivity contribution in [2.75, 3.05) is 31.1 Å². The molecule has 1 amide bonds. The molecule has 1 aliphatic heterocycles. The number of anilines is 1. The lowest BCUT2D eigenvalue weighted by Gasteiger charge is -2.36. The summed E-state index contributed by atoms with van der Waals surface area (Å²) in [6.45, 7) is 8.17. The number of aromatic nitrogens is 2. The van der Waals surface area contributed by atoms with Crippen LogP contribution in [0.15, 0.2) is 46.1 Å². The molecule has 1 aromatic carbocycles. The number of H-pyrrole nitrogens is 1. The molecule has 0 spiro atoms. The summed E-state index contributed by atoms with van der Waals surface area (Å²) in [6, 6.07) is 8.82. The number of rotatable bonds is 2. The van der Waals surface area contributed by atoms with E-state index in [1.165, 1.54) is 16.8 Å². The summed E-state index contributed by atoms with van der Waals surface area (Å²) in [5, 5.41) is 0. The molecule has 27 heavy (non-hydrogen) atoms. The Kier molecular flexibility index (Phi) is 5.07. The number of hydrogen-bond donors (Lipinski definition) is 1. The van der Waals surface area contributed by atoms with Gasteiger partial charge in [-0.25, -0.2) is 9.59 Å². The lowest BCUT2D eigenvalue weighted by atomic mass is 10.2. The summed E-state index contributed by atoms with van der Waals surface area (Å²) in [6.07, 6.45) is 1.17. The molecule has 1 saturated heterocycles. The van der Waals surface area contributed by atoms with Crippen LogP contribution in [0.25, 0.3) is 5.69 Å². The zero-order valence-electron chi connectivity index (χ0n) is 15.8. The summed E-state index contributed by atoms with van der Waals surface area (Å²) < 4.78 is 6.79. The SMILES string of the molecule is CC(C)(C)OC(=O)N1CCN(c2ccc(-n3ccc(=O)[nH]c3=O)cc2)CC1. The standard InChI is InChI=1S/C19H24N4O4/c1-19(2,3)27-18(26)22-12-10-21(11-13-22)14-4-6-15(7-5-14)23-9-8-16(24)20-17(23)25/h4-9H,10-13H2,1-3H3,(H,20,24,25). The van der Waals surface area contributed by atoms with Crippen molar-refractivity contribution in [3.05, 3.63) is 57.4 Å². The number of amides is 1. The average Bonchev–Trinajstić information content (AvgIpc) is 2.61. The van der Waals surface area contributed by atoms with Gasteiger partial charge in [-0.2, -0.15) is 0 Å². The Hall–Kier alpha value is -3.03. The summed E-state index contributed by atoms with van der Waals surface area (Å²) >= 11 is 0. The molecule has 0 radical (unpaired) electrons. The smallest absolute Gasteiger partial charge is 0.410 e. The highest BCUT2D eigenvalue weighted by Gasteiger charge is 2.25. The van der Waals surface area contributed by atoms with Crippen molar-refractivity contribution in [3.8, 4) is 5.69 Å². The van der Waals surface area contributed by atoms with Gasteiger partial charge in [-0.1, -0.05) is 0 Å². The second kappa shape index (κ2) is 7.30. The van der Waals surface area contributed by atoms with Crippen LogP contribution in [0.3, 0.4) is 0 Å². The fourth-order valence-corrected chi connectivity index (χ4v) is 2.92. The van der Waals surface area contributed by atoms with Crippen LogP contribution < -0.4 is 16.1 Å². The number of aromatic amines is 1. The first-order valence-electron chi connectivity index (χ1n) is 8.88. The first kappa shape index (κ1) is 18.8. The van der Waals surface area contributed by atoms with Crippen LogP contribution in [-0.4, -0.2) is 52.3 Å². The monoisotopic (exact) mass is 372 g/mol. The fraction of sp³-hybridized carbons (Fsp3) is 0.421. The minimum absolute atomic E-state index is 0.282. The maximum Gasteiger partial charge on any atom is 0.410 e. The highest BCUT2D eigenvalue weighted by molar-refractivity contribution is 5.68. The number of carbonyl (C=O) groups is 1. The third-order valence-corrected chi connectivity index (χ3v) is 4.25. The molecule has 1 N–H and O–H groups in total. The summed E-state index contributed by atoms with van der Waals surface area (Å²) in [5.41, 5.74) is 0.300. The number of benzene rings is 1. The molecular weight excluding hydrogens is 348 g/mol. The number of nitrogens with one attached hydrogen (secondary N) is 1. The van der Waals surface area contributed by atoms with Gasteiger partial charge < -0.3 is 14.5 Å². The van der Waals surface area contributed by atoms with E-state index in [-0.39, 0.29) is 6.09 Å². The third-order valence-electron chi connectivity index (χ3n) is 4.25. The number of carbonyl (C=O) groups excluding carboxylic acids is 1. The van der Waals surface area contributed by atoms with E-state index in [2.05, 4.69) is 9.88 Å². The zero-order valence-corrected chi connectivity index (χ0v) is 15.8. The van der Waals surface area contributed by atoms with Gasteiger partial charge in [-0.3, -0.25) is 14.3 Å². The van der Waals surface area contributed by atoms with Crippen LogP contribution in [0.1, 0.15) is 20.8 Å². The van der Waals surface area contributed by atoms with Crippen LogP contribution in [0.2, 0.25) is 0 Å². The van der Waals surface area contributed by atoms with E-state index in [1.54, 1.807) is 4.90 Å². The Balaban J connectivity index is 1.64. The summed E-state index contributed by atoms with van der Waals surface area (Å²) in [5.74, 6) is 0. The van der Waals surface area contributed by atoms with E-state index in [1.807, 2.05) is 45.0 Å². The first-order chi connectivity index (χ1) is 12.7. The van der Waals surface area contributed by atoms with Crippen LogP contribution in [0.5, 0.6) is 0 Å². The summed E-state index contributed by atoms with van der Waals surface area (Å²) in [4.78, 5) is 41.3. The largest absolute Gasteiger partial charge is 0.444 e. The van der Waals surface area contributed by atoms with Gasteiger partial charge in [0, 0.05) is 44.1 Å². The van der Waals surface area contributed by atoms with Crippen molar-refractivity contribution in [1.82, 2.24) is 14.5 Å². The minimum atomic E-state index is -0.496. The minimum Gasteiger partial charge on any atom is -0.444 e. The van der Waals surface area contributed by atoms with Gasteiger partial charge in [0.2, 0.25) is 0 Å². The molecule has 3 rings (SSSR count). The Bertz CT molecular complexity index is 916. The van der Waals surface area contributed by atoms with Gasteiger partial charge in [0.15, 0.2) is 0 Å². The van der Waals surface area contributed by atoms with Gasteiger partial charge in [-0.15, -0.1) is 0 Å². The van der Waals surface area contributed by atoms with Crippen LogP contribution >= 0.6 is 0 Å². The number of piperazine rings is 1. The number of hydrogen-bond acceptors (Lipinski definition) is 5. The Labute approximate surface area is 157 Å². The van der Waals surface area contributed by atoms with Crippen molar-refractivity contribution >= 4 is 11.8 Å². The Morgan fingerprint density at radius 1 is 0.963 bits per heavy atom. The van der Waals surface area contributed by atoms with E-state index in [0.29, 0.717) is 31.9 Å². The molecule has 1 aliphatic rings. The summed E-state index contributed by atoms with van der Waals surface area (Å²) in [7, 11) is 0. The quantitative estimate of drug-likeness (QED) is 0.865. The molecule has 0 aliphatic carbocycles. The second-order valence-electron chi connectivity index (χ2n) is 7.45. The lowest BCUT2D eigenvalue weighted by molar-refractivity contribution is 0.0240. The molecule has 0 unspecified atom stereocenters. The van der Waals surface area contributed by atoms with Crippen molar-refractivity contribution in [3.63, 3.8) is 0 Å². The molecule has 0 atom stereocenters. The molecule has 0 bridgehead atoms. The third kappa shape index (κ3) is 4.58. The average molecular weight is 372 g/mol. The molecule has 8 heteroatoms. The van der Waals surface area contributed by atoms with Crippen molar-refractivity contribution in [2.24, 2.45) is 0 Å². The molecule has 144 valence electrons. The molecule has 1 fully saturated rings. The molecule has 1 aromatic heterocycles. The zero-order chi connectivity index (χ0) is 19.6. The normalized spacial score (nSPS) is 14.9. The Morgan fingerprint density at radius 3 is 2.11 bits per heavy atom. The predicted octanol–water partition coefficient (Wildman–Crippen LogP) is 1.58. The van der Waals surface area contributed by atoms with Gasteiger partial charge >= 0.3 is 11.8 Å². The first-order valence-corrected chi connectivity index (χ1v) is 8.88. The van der Waals surface area contributed by atoms with E-state index in [4.69, 9.17) is 4.74 Å². The van der Waals surface area contributed by atoms with Gasteiger partial charge in [-0.05, 0) is 45.0 Å². The van der Waals surface area contributed by atoms with E-state index in [0.717, 1.165) is 5.69 Å². The van der Waals surface area contributed by atoms with E-state index < -0.39 is 16.9 Å². The molecule has 2 aromatic rings. The van der Waals surface area contributed by atoms with Gasteiger partial charge in [0.05, 0.1) is 5.69 Å². The maximum absolute atomic E-state index is 12.1. The molecule has 2 heterocycles. The van der Waals surface area contributed by atoms with Crippen LogP contribution in [0, 0.1) is 0 Å². The van der Waals surface area contributed by atoms with E-state index in [9.17, 15) is 14.4 Å². The topological polar surface area (TPSA) is 87.6 Å². The van der Waals surface area contributed by atoms with Gasteiger partial charge in [0.1, 0.15) is 5.60 Å². The highest BCUT2D eigenvalue weighted by Crippen LogP contribution is 2.19. The Morgan fingerprint density at radius 2 is 1.56 bits per heavy atom. The number of nitrogens with zero attached hydrogens (tertiary/aromatic N) is 3. The molecule has 0 saturated carbocycles. The van der Waals surface area contributed by atoms with Gasteiger partial charge in [0.25, 0.3) is 5.56 Å². The molecule has 8 nitrogen and oxygen atoms in total. The molecular formula is C19H24N4O4. The van der Waals surface area contributed by atoms with Crippen molar-refractivity contribution < 1.29 is 9.53 Å². The van der Waals surface area contributed by atoms with E-state index >= 15 is 0 Å². The van der Waals surface area contributed by atoms with Crippen molar-refractivity contribution in [1.29, 1.82) is 0 Å². The lowest BCUT2D eigenvalue weighted by Crippen LogP contribution is -2.50. The van der Waals surface area contributed by atoms with Crippen LogP contribution in [-0.2, 0) is 4.74 Å².